The summed E-state index contributed by atoms with van der Waals surface area (Å²) in [5.41, 5.74) is 6.76. The Hall–Kier alpha value is -6.31. The standard InChI is InChI=1S/C46H49N9O4/c1-51-18-20-52(21-19-51)44(56)36-9-8-35-27-38(11-10-34(35)26-36)55-17-16-41-42(49-46(50-43(41)55)53-22-24-59-25-23-53)37-28-47-45(48-29-37)54(30-32-4-12-39(57-2)13-5-32)31-33-6-14-40(58-3)15-7-33/h4-15,26-29H,16-25,30-31H2,1-3H3. The van der Waals surface area contributed by atoms with Gasteiger partial charge in [0.25, 0.3) is 5.91 Å². The third-order valence-corrected chi connectivity index (χ3v) is 11.5. The summed E-state index contributed by atoms with van der Waals surface area (Å²) in [5, 5.41) is 2.11. The molecule has 3 aliphatic rings. The van der Waals surface area contributed by atoms with E-state index >= 15 is 0 Å². The fourth-order valence-corrected chi connectivity index (χ4v) is 8.07. The minimum Gasteiger partial charge on any atom is -0.497 e. The van der Waals surface area contributed by atoms with Crippen LogP contribution in [0, 0.1) is 0 Å². The van der Waals surface area contributed by atoms with Crippen LogP contribution in [0.5, 0.6) is 11.5 Å². The van der Waals surface area contributed by atoms with Crippen molar-refractivity contribution in [3.05, 3.63) is 120 Å². The smallest absolute Gasteiger partial charge is 0.253 e. The predicted molar refractivity (Wildman–Crippen MR) is 230 cm³/mol. The molecular formula is C46H49N9O4. The molecule has 59 heavy (non-hydrogen) atoms. The molecular weight excluding hydrogens is 743 g/mol. The summed E-state index contributed by atoms with van der Waals surface area (Å²) >= 11 is 0. The van der Waals surface area contributed by atoms with Crippen LogP contribution in [0.25, 0.3) is 22.0 Å². The molecule has 13 heteroatoms. The maximum Gasteiger partial charge on any atom is 0.253 e. The molecule has 0 saturated carbocycles. The Balaban J connectivity index is 1.02. The molecule has 5 heterocycles. The zero-order valence-corrected chi connectivity index (χ0v) is 33.9. The molecule has 0 aliphatic carbocycles. The van der Waals surface area contributed by atoms with Crippen molar-refractivity contribution in [1.29, 1.82) is 0 Å². The lowest BCUT2D eigenvalue weighted by Gasteiger charge is -2.32. The maximum absolute atomic E-state index is 13.4. The van der Waals surface area contributed by atoms with E-state index in [-0.39, 0.29) is 5.91 Å². The summed E-state index contributed by atoms with van der Waals surface area (Å²) in [6.07, 6.45) is 4.55. The highest BCUT2D eigenvalue weighted by Crippen LogP contribution is 2.40. The van der Waals surface area contributed by atoms with E-state index in [2.05, 4.69) is 75.2 Å². The molecule has 2 saturated heterocycles. The molecule has 0 bridgehead atoms. The van der Waals surface area contributed by atoms with Crippen LogP contribution < -0.4 is 24.2 Å². The van der Waals surface area contributed by atoms with E-state index in [1.54, 1.807) is 14.2 Å². The maximum atomic E-state index is 13.4. The fourth-order valence-electron chi connectivity index (χ4n) is 8.07. The minimum absolute atomic E-state index is 0.0941. The summed E-state index contributed by atoms with van der Waals surface area (Å²) in [7, 11) is 5.45. The zero-order chi connectivity index (χ0) is 40.3. The molecule has 4 aromatic carbocycles. The lowest BCUT2D eigenvalue weighted by atomic mass is 10.0. The van der Waals surface area contributed by atoms with Gasteiger partial charge in [0, 0.05) is 93.7 Å². The number of ether oxygens (including phenoxy) is 3. The summed E-state index contributed by atoms with van der Waals surface area (Å²) in [4.78, 5) is 44.6. The Bertz CT molecular complexity index is 2360. The first-order valence-corrected chi connectivity index (χ1v) is 20.3. The number of benzene rings is 4. The zero-order valence-electron chi connectivity index (χ0n) is 33.9. The monoisotopic (exact) mass is 791 g/mol. The number of fused-ring (bicyclic) bond motifs is 2. The molecule has 3 aliphatic heterocycles. The lowest BCUT2D eigenvalue weighted by molar-refractivity contribution is 0.0664. The lowest BCUT2D eigenvalue weighted by Crippen LogP contribution is -2.47. The Morgan fingerprint density at radius 2 is 1.36 bits per heavy atom. The number of hydrogen-bond acceptors (Lipinski definition) is 12. The molecule has 0 unspecified atom stereocenters. The number of likely N-dealkylation sites (N-methyl/N-ethyl adjacent to an activating group) is 1. The number of hydrogen-bond donors (Lipinski definition) is 0. The van der Waals surface area contributed by atoms with Gasteiger partial charge in [-0.3, -0.25) is 4.79 Å². The van der Waals surface area contributed by atoms with Crippen molar-refractivity contribution in [2.45, 2.75) is 19.5 Å². The van der Waals surface area contributed by atoms with Crippen molar-refractivity contribution in [1.82, 2.24) is 29.7 Å². The Morgan fingerprint density at radius 3 is 2.00 bits per heavy atom. The van der Waals surface area contributed by atoms with Gasteiger partial charge in [-0.15, -0.1) is 0 Å². The average Bonchev–Trinajstić information content (AvgIpc) is 3.73. The first-order valence-electron chi connectivity index (χ1n) is 20.3. The third kappa shape index (κ3) is 8.21. The molecule has 0 atom stereocenters. The summed E-state index contributed by atoms with van der Waals surface area (Å²) in [6.45, 7) is 7.93. The third-order valence-electron chi connectivity index (χ3n) is 11.5. The largest absolute Gasteiger partial charge is 0.497 e. The Kier molecular flexibility index (Phi) is 10.9. The second-order valence-corrected chi connectivity index (χ2v) is 15.3. The predicted octanol–water partition coefficient (Wildman–Crippen LogP) is 6.23. The van der Waals surface area contributed by atoms with Crippen LogP contribution in [-0.2, 0) is 24.2 Å². The highest BCUT2D eigenvalue weighted by molar-refractivity contribution is 5.99. The van der Waals surface area contributed by atoms with Crippen molar-refractivity contribution in [2.24, 2.45) is 0 Å². The van der Waals surface area contributed by atoms with Gasteiger partial charge < -0.3 is 38.7 Å². The normalized spacial score (nSPS) is 15.7. The van der Waals surface area contributed by atoms with E-state index in [1.807, 2.05) is 53.7 Å². The number of piperazine rings is 1. The van der Waals surface area contributed by atoms with E-state index in [0.717, 1.165) is 106 Å². The van der Waals surface area contributed by atoms with Crippen LogP contribution in [0.1, 0.15) is 27.0 Å². The second-order valence-electron chi connectivity index (χ2n) is 15.3. The Morgan fingerprint density at radius 1 is 0.729 bits per heavy atom. The molecule has 1 amide bonds. The van der Waals surface area contributed by atoms with Gasteiger partial charge in [-0.1, -0.05) is 36.4 Å². The van der Waals surface area contributed by atoms with Crippen molar-refractivity contribution < 1.29 is 19.0 Å². The van der Waals surface area contributed by atoms with E-state index in [9.17, 15) is 4.79 Å². The number of anilines is 4. The molecule has 9 rings (SSSR count). The first kappa shape index (κ1) is 38.2. The number of rotatable bonds is 11. The van der Waals surface area contributed by atoms with Gasteiger partial charge in [-0.05, 0) is 83.9 Å². The first-order chi connectivity index (χ1) is 28.9. The van der Waals surface area contributed by atoms with Crippen molar-refractivity contribution >= 4 is 40.1 Å². The minimum atomic E-state index is 0.0941. The van der Waals surface area contributed by atoms with Crippen LogP contribution in [0.4, 0.5) is 23.4 Å². The van der Waals surface area contributed by atoms with Crippen LogP contribution >= 0.6 is 0 Å². The molecule has 0 radical (unpaired) electrons. The number of carbonyl (C=O) groups excluding carboxylic acids is 1. The molecule has 2 aromatic heterocycles. The SMILES string of the molecule is COc1ccc(CN(Cc2ccc(OC)cc2)c2ncc(-c3nc(N4CCOCC4)nc4c3CCN4c3ccc4cc(C(=O)N5CCN(C)CC5)ccc4c3)cn2)cc1. The van der Waals surface area contributed by atoms with E-state index in [4.69, 9.17) is 34.1 Å². The second kappa shape index (κ2) is 16.9. The summed E-state index contributed by atoms with van der Waals surface area (Å²) in [6, 6.07) is 28.7. The number of methoxy groups -OCH3 is 2. The molecule has 0 N–H and O–H groups in total. The molecule has 6 aromatic rings. The quantitative estimate of drug-likeness (QED) is 0.148. The van der Waals surface area contributed by atoms with Crippen molar-refractivity contribution in [2.75, 3.05) is 95.0 Å². The van der Waals surface area contributed by atoms with Gasteiger partial charge in [-0.2, -0.15) is 4.98 Å². The molecule has 13 nitrogen and oxygen atoms in total. The van der Waals surface area contributed by atoms with Crippen LogP contribution in [0.2, 0.25) is 0 Å². The van der Waals surface area contributed by atoms with E-state index < -0.39 is 0 Å². The van der Waals surface area contributed by atoms with Gasteiger partial charge in [-0.25, -0.2) is 15.0 Å². The van der Waals surface area contributed by atoms with Gasteiger partial charge >= 0.3 is 0 Å². The Labute approximate surface area is 344 Å². The number of nitrogens with zero attached hydrogens (tertiary/aromatic N) is 9. The van der Waals surface area contributed by atoms with Crippen LogP contribution in [0.3, 0.4) is 0 Å². The number of morpholine rings is 1. The summed E-state index contributed by atoms with van der Waals surface area (Å²) < 4.78 is 16.5. The number of amides is 1. The average molecular weight is 792 g/mol. The molecule has 302 valence electrons. The van der Waals surface area contributed by atoms with Gasteiger partial charge in [0.1, 0.15) is 17.3 Å². The van der Waals surface area contributed by atoms with Crippen LogP contribution in [0.15, 0.2) is 97.3 Å². The molecule has 2 fully saturated rings. The highest BCUT2D eigenvalue weighted by atomic mass is 16.5. The number of aromatic nitrogens is 4. The van der Waals surface area contributed by atoms with E-state index in [0.29, 0.717) is 51.3 Å². The number of carbonyl (C=O) groups is 1. The topological polar surface area (TPSA) is 113 Å². The van der Waals surface area contributed by atoms with Crippen molar-refractivity contribution in [3.63, 3.8) is 0 Å². The van der Waals surface area contributed by atoms with Gasteiger partial charge in [0.2, 0.25) is 11.9 Å². The van der Waals surface area contributed by atoms with E-state index in [1.165, 1.54) is 0 Å². The van der Waals surface area contributed by atoms with Gasteiger partial charge in [0.15, 0.2) is 0 Å². The fraction of sp³-hybridized carbons (Fsp3) is 0.326. The summed E-state index contributed by atoms with van der Waals surface area (Å²) in [5.74, 6) is 3.90. The highest BCUT2D eigenvalue weighted by Gasteiger charge is 2.30. The molecule has 0 spiro atoms. The van der Waals surface area contributed by atoms with Crippen LogP contribution in [-0.4, -0.2) is 116 Å². The van der Waals surface area contributed by atoms with Crippen molar-refractivity contribution in [3.8, 4) is 22.8 Å². The van der Waals surface area contributed by atoms with Gasteiger partial charge in [0.05, 0.1) is 33.1 Å².